The Labute approximate surface area is 205 Å². The Kier molecular flexibility index (Phi) is 7.12. The van der Waals surface area contributed by atoms with Gasteiger partial charge in [-0.1, -0.05) is 62.4 Å². The van der Waals surface area contributed by atoms with Crippen LogP contribution < -0.4 is 5.32 Å². The molecule has 1 aliphatic carbocycles. The number of alkyl carbamates (subject to hydrolysis) is 1. The number of carboxylic acids is 1. The van der Waals surface area contributed by atoms with Crippen molar-refractivity contribution in [2.45, 2.75) is 44.7 Å². The van der Waals surface area contributed by atoms with Crippen LogP contribution in [0.2, 0.25) is 0 Å². The normalized spacial score (nSPS) is 19.4. The largest absolute Gasteiger partial charge is 0.480 e. The van der Waals surface area contributed by atoms with Crippen LogP contribution in [0.15, 0.2) is 48.5 Å². The third kappa shape index (κ3) is 4.89. The quantitative estimate of drug-likeness (QED) is 0.627. The number of rotatable bonds is 7. The Balaban J connectivity index is 1.45. The molecule has 0 spiro atoms. The average Bonchev–Trinajstić information content (AvgIpc) is 3.14. The van der Waals surface area contributed by atoms with Crippen molar-refractivity contribution in [2.24, 2.45) is 5.41 Å². The second kappa shape index (κ2) is 10.1. The van der Waals surface area contributed by atoms with Crippen molar-refractivity contribution in [3.8, 4) is 11.1 Å². The highest BCUT2D eigenvalue weighted by molar-refractivity contribution is 5.90. The summed E-state index contributed by atoms with van der Waals surface area (Å²) in [5.74, 6) is -1.65. The first kappa shape index (κ1) is 24.7. The lowest BCUT2D eigenvalue weighted by Crippen LogP contribution is -2.61. The molecule has 1 fully saturated rings. The van der Waals surface area contributed by atoms with Gasteiger partial charge in [0.15, 0.2) is 0 Å². The van der Waals surface area contributed by atoms with E-state index < -0.39 is 35.5 Å². The third-order valence-electron chi connectivity index (χ3n) is 7.06. The number of hydrogen-bond acceptors (Lipinski definition) is 5. The highest BCUT2D eigenvalue weighted by atomic mass is 16.5. The Morgan fingerprint density at radius 1 is 1.09 bits per heavy atom. The molecule has 1 saturated heterocycles. The number of nitrogens with one attached hydrogen (secondary N) is 1. The zero-order chi connectivity index (χ0) is 25.2. The number of carbonyl (C=O) groups excluding carboxylic acids is 2. The molecule has 0 saturated carbocycles. The van der Waals surface area contributed by atoms with E-state index in [1.54, 1.807) is 0 Å². The second-order valence-corrected chi connectivity index (χ2v) is 9.84. The van der Waals surface area contributed by atoms with E-state index >= 15 is 0 Å². The molecule has 8 heteroatoms. The number of fused-ring (bicyclic) bond motifs is 3. The fourth-order valence-corrected chi connectivity index (χ4v) is 5.42. The molecule has 35 heavy (non-hydrogen) atoms. The Bertz CT molecular complexity index is 1070. The monoisotopic (exact) mass is 480 g/mol. The number of amides is 2. The minimum atomic E-state index is -1.06. The summed E-state index contributed by atoms with van der Waals surface area (Å²) < 4.78 is 10.7. The number of methoxy groups -OCH3 is 1. The molecule has 2 amide bonds. The molecule has 2 aliphatic rings. The lowest BCUT2D eigenvalue weighted by atomic mass is 9.76. The minimum Gasteiger partial charge on any atom is -0.480 e. The van der Waals surface area contributed by atoms with Gasteiger partial charge in [-0.3, -0.25) is 4.79 Å². The van der Waals surface area contributed by atoms with E-state index in [-0.39, 0.29) is 19.1 Å². The van der Waals surface area contributed by atoms with Gasteiger partial charge >= 0.3 is 12.1 Å². The fourth-order valence-electron chi connectivity index (χ4n) is 5.42. The summed E-state index contributed by atoms with van der Waals surface area (Å²) in [6.07, 6.45) is 0.640. The van der Waals surface area contributed by atoms with Gasteiger partial charge in [0.2, 0.25) is 5.91 Å². The van der Waals surface area contributed by atoms with E-state index in [4.69, 9.17) is 9.47 Å². The van der Waals surface area contributed by atoms with Crippen LogP contribution in [0.5, 0.6) is 0 Å². The van der Waals surface area contributed by atoms with Crippen LogP contribution in [0, 0.1) is 5.41 Å². The van der Waals surface area contributed by atoms with E-state index in [0.29, 0.717) is 19.4 Å². The van der Waals surface area contributed by atoms with Gasteiger partial charge in [0, 0.05) is 19.6 Å². The summed E-state index contributed by atoms with van der Waals surface area (Å²) in [6, 6.07) is 14.0. The number of likely N-dealkylation sites (tertiary alicyclic amines) is 1. The van der Waals surface area contributed by atoms with Crippen molar-refractivity contribution in [3.63, 3.8) is 0 Å². The smallest absolute Gasteiger partial charge is 0.407 e. The molecule has 0 radical (unpaired) electrons. The molecule has 2 aromatic carbocycles. The van der Waals surface area contributed by atoms with Crippen molar-refractivity contribution in [1.29, 1.82) is 0 Å². The van der Waals surface area contributed by atoms with Crippen LogP contribution in [-0.4, -0.2) is 66.9 Å². The van der Waals surface area contributed by atoms with Crippen LogP contribution in [0.4, 0.5) is 4.79 Å². The van der Waals surface area contributed by atoms with Crippen LogP contribution in [0.1, 0.15) is 43.7 Å². The summed E-state index contributed by atoms with van der Waals surface area (Å²) in [6.45, 7) is 4.02. The van der Waals surface area contributed by atoms with Gasteiger partial charge in [0.25, 0.3) is 0 Å². The second-order valence-electron chi connectivity index (χ2n) is 9.84. The SMILES string of the molecule is COC[C@H](NC(=O)OCC1c2ccccc2-c2ccccc21)C(=O)N1CCCC(C)(C)C1C(=O)O. The Morgan fingerprint density at radius 2 is 1.69 bits per heavy atom. The number of piperidine rings is 1. The van der Waals surface area contributed by atoms with Crippen LogP contribution in [-0.2, 0) is 19.1 Å². The number of aliphatic carboxylic acids is 1. The average molecular weight is 481 g/mol. The van der Waals surface area contributed by atoms with Crippen molar-refractivity contribution in [1.82, 2.24) is 10.2 Å². The van der Waals surface area contributed by atoms with Gasteiger partial charge < -0.3 is 24.8 Å². The molecule has 1 heterocycles. The topological polar surface area (TPSA) is 105 Å². The molecule has 4 rings (SSSR count). The maximum Gasteiger partial charge on any atom is 0.407 e. The Hall–Kier alpha value is -3.39. The third-order valence-corrected chi connectivity index (χ3v) is 7.06. The van der Waals surface area contributed by atoms with Crippen molar-refractivity contribution >= 4 is 18.0 Å². The highest BCUT2D eigenvalue weighted by Crippen LogP contribution is 2.44. The highest BCUT2D eigenvalue weighted by Gasteiger charge is 2.46. The molecule has 8 nitrogen and oxygen atoms in total. The van der Waals surface area contributed by atoms with E-state index in [2.05, 4.69) is 17.4 Å². The maximum atomic E-state index is 13.3. The van der Waals surface area contributed by atoms with E-state index in [0.717, 1.165) is 22.3 Å². The Morgan fingerprint density at radius 3 is 2.26 bits per heavy atom. The zero-order valence-corrected chi connectivity index (χ0v) is 20.3. The number of nitrogens with zero attached hydrogens (tertiary/aromatic N) is 1. The molecular weight excluding hydrogens is 448 g/mol. The number of ether oxygens (including phenoxy) is 2. The number of carbonyl (C=O) groups is 3. The first-order valence-corrected chi connectivity index (χ1v) is 11.9. The van der Waals surface area contributed by atoms with Crippen molar-refractivity contribution in [2.75, 3.05) is 26.9 Å². The van der Waals surface area contributed by atoms with Gasteiger partial charge in [-0.2, -0.15) is 0 Å². The van der Waals surface area contributed by atoms with E-state index in [1.807, 2.05) is 50.2 Å². The summed E-state index contributed by atoms with van der Waals surface area (Å²) in [5.41, 5.74) is 3.84. The molecule has 1 unspecified atom stereocenters. The summed E-state index contributed by atoms with van der Waals surface area (Å²) >= 11 is 0. The van der Waals surface area contributed by atoms with Crippen molar-refractivity contribution in [3.05, 3.63) is 59.7 Å². The lowest BCUT2D eigenvalue weighted by molar-refractivity contribution is -0.160. The van der Waals surface area contributed by atoms with Crippen LogP contribution in [0.25, 0.3) is 11.1 Å². The minimum absolute atomic E-state index is 0.0910. The van der Waals surface area contributed by atoms with Gasteiger partial charge in [-0.25, -0.2) is 9.59 Å². The molecule has 186 valence electrons. The molecule has 2 atom stereocenters. The number of hydrogen-bond donors (Lipinski definition) is 2. The first-order chi connectivity index (χ1) is 16.7. The number of carboxylic acid groups (broad SMARTS) is 1. The summed E-state index contributed by atoms with van der Waals surface area (Å²) in [7, 11) is 1.43. The van der Waals surface area contributed by atoms with E-state index in [9.17, 15) is 19.5 Å². The first-order valence-electron chi connectivity index (χ1n) is 11.9. The standard InChI is InChI=1S/C27H32N2O6/c1-27(2)13-8-14-29(23(27)25(31)32)24(30)22(16-34-3)28-26(33)35-15-21-19-11-6-4-9-17(19)18-10-5-7-12-20(18)21/h4-7,9-12,21-23H,8,13-16H2,1-3H3,(H,28,33)(H,31,32)/t22-,23?/m0/s1. The van der Waals surface area contributed by atoms with Gasteiger partial charge in [0.05, 0.1) is 6.61 Å². The molecule has 0 bridgehead atoms. The van der Waals surface area contributed by atoms with Crippen LogP contribution in [0.3, 0.4) is 0 Å². The zero-order valence-electron chi connectivity index (χ0n) is 20.3. The van der Waals surface area contributed by atoms with Crippen LogP contribution >= 0.6 is 0 Å². The molecule has 2 N–H and O–H groups in total. The molecule has 0 aromatic heterocycles. The summed E-state index contributed by atoms with van der Waals surface area (Å²) in [4.78, 5) is 39.4. The molecular formula is C27H32N2O6. The van der Waals surface area contributed by atoms with Gasteiger partial charge in [-0.15, -0.1) is 0 Å². The predicted molar refractivity (Wildman–Crippen MR) is 130 cm³/mol. The summed E-state index contributed by atoms with van der Waals surface area (Å²) in [5, 5.41) is 12.4. The molecule has 1 aliphatic heterocycles. The molecule has 2 aromatic rings. The fraction of sp³-hybridized carbons (Fsp3) is 0.444. The predicted octanol–water partition coefficient (Wildman–Crippen LogP) is 3.64. The van der Waals surface area contributed by atoms with E-state index in [1.165, 1.54) is 12.0 Å². The van der Waals surface area contributed by atoms with Crippen molar-refractivity contribution < 1.29 is 29.0 Å². The van der Waals surface area contributed by atoms with Gasteiger partial charge in [-0.05, 0) is 40.5 Å². The number of benzene rings is 2. The lowest BCUT2D eigenvalue weighted by Gasteiger charge is -2.44. The van der Waals surface area contributed by atoms with Gasteiger partial charge in [0.1, 0.15) is 18.7 Å². The maximum absolute atomic E-state index is 13.3.